The molecule has 9 heteroatoms. The summed E-state index contributed by atoms with van der Waals surface area (Å²) < 4.78 is 44.4. The van der Waals surface area contributed by atoms with Crippen LogP contribution in [0.1, 0.15) is 35.4 Å². The third kappa shape index (κ3) is 4.81. The van der Waals surface area contributed by atoms with E-state index in [2.05, 4.69) is 10.5 Å². The van der Waals surface area contributed by atoms with Crippen molar-refractivity contribution in [3.63, 3.8) is 0 Å². The maximum Gasteiger partial charge on any atom is 0.416 e. The van der Waals surface area contributed by atoms with Crippen molar-refractivity contribution in [2.45, 2.75) is 38.6 Å². The summed E-state index contributed by atoms with van der Waals surface area (Å²) in [6.07, 6.45) is -2.48. The summed E-state index contributed by atoms with van der Waals surface area (Å²) in [5.41, 5.74) is 1.79. The number of hydrogen-bond donors (Lipinski definition) is 1. The van der Waals surface area contributed by atoms with Gasteiger partial charge in [-0.1, -0.05) is 5.16 Å². The van der Waals surface area contributed by atoms with Crippen molar-refractivity contribution in [3.8, 4) is 0 Å². The van der Waals surface area contributed by atoms with E-state index in [1.165, 1.54) is 17.8 Å². The molecule has 1 amide bonds. The Labute approximate surface area is 165 Å². The number of rotatable bonds is 6. The van der Waals surface area contributed by atoms with Gasteiger partial charge >= 0.3 is 6.18 Å². The number of alkyl halides is 3. The molecule has 0 bridgehead atoms. The number of aromatic nitrogens is 1. The summed E-state index contributed by atoms with van der Waals surface area (Å²) in [7, 11) is 0. The van der Waals surface area contributed by atoms with E-state index in [1.54, 1.807) is 6.92 Å². The highest BCUT2D eigenvalue weighted by Gasteiger charge is 2.32. The molecule has 2 heterocycles. The molecule has 1 fully saturated rings. The standard InChI is InChI=1S/C19H22F3N3O2S/c1-12-15(13(2)27-24-12)10-28-11-18(26)23-16-9-14(19(20,21)22)5-6-17(16)25-7-3-4-8-25/h5-6,9H,3-4,7-8,10-11H2,1-2H3,(H,23,26). The second-order valence-corrected chi connectivity index (χ2v) is 7.75. The number of aryl methyl sites for hydroxylation is 2. The topological polar surface area (TPSA) is 58.4 Å². The number of amides is 1. The third-order valence-corrected chi connectivity index (χ3v) is 5.66. The van der Waals surface area contributed by atoms with E-state index in [0.29, 0.717) is 17.2 Å². The lowest BCUT2D eigenvalue weighted by Gasteiger charge is -2.23. The third-order valence-electron chi connectivity index (χ3n) is 4.71. The van der Waals surface area contributed by atoms with Crippen LogP contribution in [-0.4, -0.2) is 29.9 Å². The number of nitrogens with one attached hydrogen (secondary N) is 1. The van der Waals surface area contributed by atoms with Gasteiger partial charge in [-0.25, -0.2) is 0 Å². The minimum absolute atomic E-state index is 0.125. The van der Waals surface area contributed by atoms with Gasteiger partial charge in [-0.2, -0.15) is 13.2 Å². The zero-order valence-electron chi connectivity index (χ0n) is 15.7. The minimum atomic E-state index is -4.46. The fourth-order valence-corrected chi connectivity index (χ4v) is 4.16. The highest BCUT2D eigenvalue weighted by atomic mass is 32.2. The summed E-state index contributed by atoms with van der Waals surface area (Å²) in [6.45, 7) is 5.18. The molecule has 1 aromatic carbocycles. The lowest BCUT2D eigenvalue weighted by atomic mass is 10.1. The molecule has 5 nitrogen and oxygen atoms in total. The van der Waals surface area contributed by atoms with Gasteiger partial charge in [0.1, 0.15) is 5.76 Å². The predicted octanol–water partition coefficient (Wildman–Crippen LogP) is 4.78. The normalized spacial score (nSPS) is 14.5. The van der Waals surface area contributed by atoms with Crippen LogP contribution < -0.4 is 10.2 Å². The summed E-state index contributed by atoms with van der Waals surface area (Å²) in [5, 5.41) is 6.54. The molecule has 0 spiro atoms. The summed E-state index contributed by atoms with van der Waals surface area (Å²) >= 11 is 1.37. The Balaban J connectivity index is 1.69. The van der Waals surface area contributed by atoms with Gasteiger partial charge in [-0.15, -0.1) is 11.8 Å². The zero-order valence-corrected chi connectivity index (χ0v) is 16.5. The highest BCUT2D eigenvalue weighted by Crippen LogP contribution is 2.36. The molecule has 1 saturated heterocycles. The number of nitrogens with zero attached hydrogens (tertiary/aromatic N) is 2. The van der Waals surface area contributed by atoms with Crippen molar-refractivity contribution >= 4 is 29.0 Å². The average Bonchev–Trinajstić information content (AvgIpc) is 3.26. The van der Waals surface area contributed by atoms with Crippen molar-refractivity contribution in [3.05, 3.63) is 40.8 Å². The van der Waals surface area contributed by atoms with Gasteiger partial charge in [0.25, 0.3) is 0 Å². The molecule has 1 aliphatic heterocycles. The number of benzene rings is 1. The molecule has 152 valence electrons. The minimum Gasteiger partial charge on any atom is -0.370 e. The zero-order chi connectivity index (χ0) is 20.3. The van der Waals surface area contributed by atoms with Gasteiger partial charge in [0.2, 0.25) is 5.91 Å². The second kappa shape index (κ2) is 8.46. The van der Waals surface area contributed by atoms with E-state index in [0.717, 1.165) is 49.3 Å². The van der Waals surface area contributed by atoms with E-state index < -0.39 is 11.7 Å². The molecule has 0 unspecified atom stereocenters. The maximum atomic E-state index is 13.1. The fourth-order valence-electron chi connectivity index (χ4n) is 3.19. The molecule has 0 atom stereocenters. The summed E-state index contributed by atoms with van der Waals surface area (Å²) in [5.74, 6) is 1.05. The lowest BCUT2D eigenvalue weighted by Crippen LogP contribution is -2.22. The quantitative estimate of drug-likeness (QED) is 0.738. The van der Waals surface area contributed by atoms with Crippen molar-refractivity contribution in [2.24, 2.45) is 0 Å². The van der Waals surface area contributed by atoms with Crippen LogP contribution in [-0.2, 0) is 16.7 Å². The van der Waals surface area contributed by atoms with Crippen LogP contribution in [0, 0.1) is 13.8 Å². The van der Waals surface area contributed by atoms with Crippen molar-refractivity contribution < 1.29 is 22.5 Å². The first-order valence-electron chi connectivity index (χ1n) is 9.01. The van der Waals surface area contributed by atoms with Gasteiger partial charge < -0.3 is 14.7 Å². The first-order valence-corrected chi connectivity index (χ1v) is 10.2. The van der Waals surface area contributed by atoms with E-state index in [9.17, 15) is 18.0 Å². The number of hydrogen-bond acceptors (Lipinski definition) is 5. The summed E-state index contributed by atoms with van der Waals surface area (Å²) in [6, 6.07) is 3.53. The van der Waals surface area contributed by atoms with Crippen LogP contribution in [0.5, 0.6) is 0 Å². The molecule has 0 aliphatic carbocycles. The van der Waals surface area contributed by atoms with Crippen molar-refractivity contribution in [1.29, 1.82) is 0 Å². The van der Waals surface area contributed by atoms with Gasteiger partial charge in [-0.05, 0) is 44.9 Å². The Morgan fingerprint density at radius 2 is 2.00 bits per heavy atom. The Hall–Kier alpha value is -2.16. The summed E-state index contributed by atoms with van der Waals surface area (Å²) in [4.78, 5) is 14.4. The van der Waals surface area contributed by atoms with E-state index in [1.807, 2.05) is 11.8 Å². The van der Waals surface area contributed by atoms with E-state index >= 15 is 0 Å². The van der Waals surface area contributed by atoms with E-state index in [4.69, 9.17) is 4.52 Å². The first kappa shape index (κ1) is 20.6. The van der Waals surface area contributed by atoms with Gasteiger partial charge in [0.05, 0.1) is 28.4 Å². The molecule has 28 heavy (non-hydrogen) atoms. The molecular weight excluding hydrogens is 391 g/mol. The smallest absolute Gasteiger partial charge is 0.370 e. The Morgan fingerprint density at radius 1 is 1.29 bits per heavy atom. The second-order valence-electron chi connectivity index (χ2n) is 6.77. The van der Waals surface area contributed by atoms with Crippen LogP contribution in [0.2, 0.25) is 0 Å². The van der Waals surface area contributed by atoms with Crippen LogP contribution in [0.15, 0.2) is 22.7 Å². The van der Waals surface area contributed by atoms with Crippen molar-refractivity contribution in [2.75, 3.05) is 29.1 Å². The largest absolute Gasteiger partial charge is 0.416 e. The van der Waals surface area contributed by atoms with Gasteiger partial charge in [-0.3, -0.25) is 4.79 Å². The predicted molar refractivity (Wildman–Crippen MR) is 104 cm³/mol. The number of carbonyl (C=O) groups is 1. The molecule has 1 N–H and O–H groups in total. The van der Waals surface area contributed by atoms with Crippen LogP contribution in [0.25, 0.3) is 0 Å². The Kier molecular flexibility index (Phi) is 6.22. The van der Waals surface area contributed by atoms with Gasteiger partial charge in [0, 0.05) is 24.4 Å². The highest BCUT2D eigenvalue weighted by molar-refractivity contribution is 7.99. The molecule has 2 aromatic rings. The number of carbonyl (C=O) groups excluding carboxylic acids is 1. The molecular formula is C19H22F3N3O2S. The Morgan fingerprint density at radius 3 is 2.61 bits per heavy atom. The van der Waals surface area contributed by atoms with Gasteiger partial charge in [0.15, 0.2) is 0 Å². The molecule has 0 saturated carbocycles. The van der Waals surface area contributed by atoms with Crippen LogP contribution in [0.3, 0.4) is 0 Å². The first-order chi connectivity index (χ1) is 13.3. The lowest BCUT2D eigenvalue weighted by molar-refractivity contribution is -0.137. The molecule has 3 rings (SSSR count). The molecule has 1 aliphatic rings. The van der Waals surface area contributed by atoms with Crippen LogP contribution >= 0.6 is 11.8 Å². The monoisotopic (exact) mass is 413 g/mol. The molecule has 1 aromatic heterocycles. The SMILES string of the molecule is Cc1noc(C)c1CSCC(=O)Nc1cc(C(F)(F)F)ccc1N1CCCC1. The van der Waals surface area contributed by atoms with Crippen molar-refractivity contribution in [1.82, 2.24) is 5.16 Å². The average molecular weight is 413 g/mol. The maximum absolute atomic E-state index is 13.1. The number of anilines is 2. The van der Waals surface area contributed by atoms with E-state index in [-0.39, 0.29) is 17.3 Å². The molecule has 0 radical (unpaired) electrons. The number of halogens is 3. The Bertz CT molecular complexity index is 826. The fraction of sp³-hybridized carbons (Fsp3) is 0.474. The van der Waals surface area contributed by atoms with Crippen LogP contribution in [0.4, 0.5) is 24.5 Å². The number of thioether (sulfide) groups is 1.